The minimum absolute atomic E-state index is 0.0216. The van der Waals surface area contributed by atoms with Crippen molar-refractivity contribution >= 4 is 17.8 Å². The van der Waals surface area contributed by atoms with E-state index in [9.17, 15) is 14.4 Å². The number of carbonyl (C=O) groups is 3. The number of nitrogens with zero attached hydrogens (tertiary/aromatic N) is 2. The topological polar surface area (TPSA) is 77.9 Å². The standard InChI is InChI=1S/C19H32N2O4/c1-13(2)17(22)21-8-4-5-15(12-21)11-14(3)18(23)20-9-6-16(7-10-20)19(24)25/h13-16H,4-12H2,1-3H3,(H,24,25). The zero-order chi connectivity index (χ0) is 18.6. The zero-order valence-corrected chi connectivity index (χ0v) is 15.7. The van der Waals surface area contributed by atoms with Crippen LogP contribution >= 0.6 is 0 Å². The van der Waals surface area contributed by atoms with Gasteiger partial charge in [-0.2, -0.15) is 0 Å². The second kappa shape index (κ2) is 8.68. The Balaban J connectivity index is 1.82. The highest BCUT2D eigenvalue weighted by Gasteiger charge is 2.32. The number of piperidine rings is 2. The third-order valence-electron chi connectivity index (χ3n) is 5.59. The van der Waals surface area contributed by atoms with Crippen molar-refractivity contribution in [3.8, 4) is 0 Å². The number of amides is 2. The quantitative estimate of drug-likeness (QED) is 0.823. The molecule has 25 heavy (non-hydrogen) atoms. The van der Waals surface area contributed by atoms with Gasteiger partial charge in [0.25, 0.3) is 0 Å². The highest BCUT2D eigenvalue weighted by atomic mass is 16.4. The van der Waals surface area contributed by atoms with Crippen molar-refractivity contribution in [3.63, 3.8) is 0 Å². The molecular formula is C19H32N2O4. The molecule has 0 radical (unpaired) electrons. The van der Waals surface area contributed by atoms with Gasteiger partial charge < -0.3 is 14.9 Å². The van der Waals surface area contributed by atoms with E-state index in [4.69, 9.17) is 5.11 Å². The van der Waals surface area contributed by atoms with E-state index in [1.54, 1.807) is 0 Å². The van der Waals surface area contributed by atoms with E-state index in [-0.39, 0.29) is 29.6 Å². The van der Waals surface area contributed by atoms with Crippen molar-refractivity contribution in [1.29, 1.82) is 0 Å². The highest BCUT2D eigenvalue weighted by molar-refractivity contribution is 5.79. The Labute approximate surface area is 150 Å². The van der Waals surface area contributed by atoms with E-state index in [1.807, 2.05) is 30.6 Å². The van der Waals surface area contributed by atoms with Crippen LogP contribution in [0.2, 0.25) is 0 Å². The number of carbonyl (C=O) groups excluding carboxylic acids is 2. The van der Waals surface area contributed by atoms with E-state index in [2.05, 4.69) is 0 Å². The highest BCUT2D eigenvalue weighted by Crippen LogP contribution is 2.26. The number of aliphatic carboxylic acids is 1. The van der Waals surface area contributed by atoms with Gasteiger partial charge in [-0.25, -0.2) is 0 Å². The molecule has 6 heteroatoms. The third kappa shape index (κ3) is 5.19. The lowest BCUT2D eigenvalue weighted by Crippen LogP contribution is -2.45. The molecule has 2 rings (SSSR count). The van der Waals surface area contributed by atoms with E-state index in [0.717, 1.165) is 32.4 Å². The predicted octanol–water partition coefficient (Wildman–Crippen LogP) is 2.23. The van der Waals surface area contributed by atoms with Gasteiger partial charge in [0.2, 0.25) is 11.8 Å². The lowest BCUT2D eigenvalue weighted by molar-refractivity contribution is -0.147. The van der Waals surface area contributed by atoms with E-state index in [1.165, 1.54) is 0 Å². The van der Waals surface area contributed by atoms with Crippen molar-refractivity contribution in [2.45, 2.75) is 52.9 Å². The molecule has 2 amide bonds. The van der Waals surface area contributed by atoms with Crippen LogP contribution in [0, 0.1) is 23.7 Å². The summed E-state index contributed by atoms with van der Waals surface area (Å²) in [4.78, 5) is 39.7. The van der Waals surface area contributed by atoms with Crippen LogP contribution in [0.5, 0.6) is 0 Å². The minimum atomic E-state index is -0.753. The monoisotopic (exact) mass is 352 g/mol. The first kappa shape index (κ1) is 19.7. The summed E-state index contributed by atoms with van der Waals surface area (Å²) in [6, 6.07) is 0. The van der Waals surface area contributed by atoms with Gasteiger partial charge in [-0.05, 0) is 38.0 Å². The minimum Gasteiger partial charge on any atom is -0.481 e. The maximum atomic E-state index is 12.7. The Bertz CT molecular complexity index is 498. The first-order valence-corrected chi connectivity index (χ1v) is 9.60. The Hall–Kier alpha value is -1.59. The van der Waals surface area contributed by atoms with E-state index >= 15 is 0 Å². The smallest absolute Gasteiger partial charge is 0.306 e. The van der Waals surface area contributed by atoms with Crippen LogP contribution in [-0.4, -0.2) is 58.9 Å². The third-order valence-corrected chi connectivity index (χ3v) is 5.59. The second-order valence-electron chi connectivity index (χ2n) is 8.02. The number of hydrogen-bond donors (Lipinski definition) is 1. The number of carboxylic acids is 1. The molecule has 0 aromatic heterocycles. The van der Waals surface area contributed by atoms with Crippen molar-refractivity contribution < 1.29 is 19.5 Å². The summed E-state index contributed by atoms with van der Waals surface area (Å²) in [7, 11) is 0. The Kier molecular flexibility index (Phi) is 6.85. The van der Waals surface area contributed by atoms with Crippen LogP contribution in [0.25, 0.3) is 0 Å². The summed E-state index contributed by atoms with van der Waals surface area (Å²) in [6.07, 6.45) is 3.98. The SMILES string of the molecule is CC(C)C(=O)N1CCCC(CC(C)C(=O)N2CCC(C(=O)O)CC2)C1. The molecule has 1 N–H and O–H groups in total. The molecule has 2 unspecified atom stereocenters. The van der Waals surface area contributed by atoms with Gasteiger partial charge in [0.05, 0.1) is 5.92 Å². The number of hydrogen-bond acceptors (Lipinski definition) is 3. The average molecular weight is 352 g/mol. The molecule has 0 aliphatic carbocycles. The Morgan fingerprint density at radius 3 is 2.16 bits per heavy atom. The van der Waals surface area contributed by atoms with Crippen molar-refractivity contribution in [3.05, 3.63) is 0 Å². The summed E-state index contributed by atoms with van der Waals surface area (Å²) in [6.45, 7) is 8.51. The molecule has 0 aromatic carbocycles. The molecule has 2 heterocycles. The van der Waals surface area contributed by atoms with E-state index in [0.29, 0.717) is 31.8 Å². The Morgan fingerprint density at radius 2 is 1.60 bits per heavy atom. The van der Waals surface area contributed by atoms with Gasteiger partial charge in [0.15, 0.2) is 0 Å². The molecule has 0 bridgehead atoms. The fourth-order valence-electron chi connectivity index (χ4n) is 4.08. The maximum absolute atomic E-state index is 12.7. The second-order valence-corrected chi connectivity index (χ2v) is 8.02. The Morgan fingerprint density at radius 1 is 0.960 bits per heavy atom. The zero-order valence-electron chi connectivity index (χ0n) is 15.7. The van der Waals surface area contributed by atoms with Crippen LogP contribution in [0.15, 0.2) is 0 Å². The molecule has 0 saturated carbocycles. The van der Waals surface area contributed by atoms with E-state index < -0.39 is 5.97 Å². The molecule has 2 fully saturated rings. The summed E-state index contributed by atoms with van der Waals surface area (Å²) < 4.78 is 0. The molecule has 2 saturated heterocycles. The number of carboxylic acid groups (broad SMARTS) is 1. The number of likely N-dealkylation sites (tertiary alicyclic amines) is 2. The van der Waals surface area contributed by atoms with Crippen molar-refractivity contribution in [1.82, 2.24) is 9.80 Å². The van der Waals surface area contributed by atoms with Crippen molar-refractivity contribution in [2.75, 3.05) is 26.2 Å². The lowest BCUT2D eigenvalue weighted by Gasteiger charge is -2.36. The van der Waals surface area contributed by atoms with Gasteiger partial charge in [0.1, 0.15) is 0 Å². The van der Waals surface area contributed by atoms with Crippen LogP contribution in [0.3, 0.4) is 0 Å². The largest absolute Gasteiger partial charge is 0.481 e. The summed E-state index contributed by atoms with van der Waals surface area (Å²) in [5.74, 6) is -0.387. The van der Waals surface area contributed by atoms with Gasteiger partial charge in [0, 0.05) is 38.0 Å². The fourth-order valence-corrected chi connectivity index (χ4v) is 4.08. The molecule has 2 aliphatic rings. The first-order valence-electron chi connectivity index (χ1n) is 9.60. The predicted molar refractivity (Wildman–Crippen MR) is 94.9 cm³/mol. The summed E-state index contributed by atoms with van der Waals surface area (Å²) in [5, 5.41) is 9.06. The normalized spacial score (nSPS) is 23.6. The average Bonchev–Trinajstić information content (AvgIpc) is 2.60. The maximum Gasteiger partial charge on any atom is 0.306 e. The molecule has 0 spiro atoms. The molecule has 2 atom stereocenters. The molecular weight excluding hydrogens is 320 g/mol. The van der Waals surface area contributed by atoms with Gasteiger partial charge in [-0.3, -0.25) is 14.4 Å². The summed E-state index contributed by atoms with van der Waals surface area (Å²) in [5.41, 5.74) is 0. The molecule has 6 nitrogen and oxygen atoms in total. The van der Waals surface area contributed by atoms with Crippen LogP contribution in [0.1, 0.15) is 52.9 Å². The van der Waals surface area contributed by atoms with Gasteiger partial charge >= 0.3 is 5.97 Å². The molecule has 2 aliphatic heterocycles. The van der Waals surface area contributed by atoms with Gasteiger partial charge in [-0.1, -0.05) is 20.8 Å². The van der Waals surface area contributed by atoms with Crippen molar-refractivity contribution in [2.24, 2.45) is 23.7 Å². The van der Waals surface area contributed by atoms with Crippen LogP contribution < -0.4 is 0 Å². The van der Waals surface area contributed by atoms with Gasteiger partial charge in [-0.15, -0.1) is 0 Å². The summed E-state index contributed by atoms with van der Waals surface area (Å²) >= 11 is 0. The van der Waals surface area contributed by atoms with Crippen LogP contribution in [-0.2, 0) is 14.4 Å². The van der Waals surface area contributed by atoms with Crippen LogP contribution in [0.4, 0.5) is 0 Å². The molecule has 142 valence electrons. The lowest BCUT2D eigenvalue weighted by atomic mass is 9.87. The number of rotatable bonds is 5. The fraction of sp³-hybridized carbons (Fsp3) is 0.842. The molecule has 0 aromatic rings. The first-order chi connectivity index (χ1) is 11.8.